The van der Waals surface area contributed by atoms with E-state index in [1.165, 1.54) is 25.2 Å². The molecule has 2 aromatic rings. The predicted octanol–water partition coefficient (Wildman–Crippen LogP) is 1.87. The molecule has 28 heavy (non-hydrogen) atoms. The van der Waals surface area contributed by atoms with Gasteiger partial charge in [-0.05, 0) is 43.4 Å². The van der Waals surface area contributed by atoms with Gasteiger partial charge in [0.15, 0.2) is 0 Å². The average molecular weight is 405 g/mol. The third-order valence-electron chi connectivity index (χ3n) is 4.96. The van der Waals surface area contributed by atoms with Crippen LogP contribution < -0.4 is 4.72 Å². The highest BCUT2D eigenvalue weighted by Crippen LogP contribution is 2.25. The molecule has 1 unspecified atom stereocenters. The molecule has 0 aliphatic carbocycles. The fraction of sp³-hybridized carbons (Fsp3) is 0.368. The van der Waals surface area contributed by atoms with Crippen LogP contribution in [-0.2, 0) is 10.0 Å². The van der Waals surface area contributed by atoms with Crippen molar-refractivity contribution >= 4 is 21.8 Å². The number of benzene rings is 1. The topological polar surface area (TPSA) is 99.9 Å². The van der Waals surface area contributed by atoms with Crippen LogP contribution >= 0.6 is 0 Å². The molecule has 1 N–H and O–H groups in total. The van der Waals surface area contributed by atoms with Crippen LogP contribution in [0.2, 0.25) is 0 Å². The maximum atomic E-state index is 12.8. The van der Waals surface area contributed by atoms with Crippen LogP contribution in [0.25, 0.3) is 0 Å². The fourth-order valence-corrected chi connectivity index (χ4v) is 4.40. The van der Waals surface area contributed by atoms with E-state index in [0.29, 0.717) is 5.76 Å². The first-order valence-corrected chi connectivity index (χ1v) is 10.5. The van der Waals surface area contributed by atoms with Gasteiger partial charge in [0.05, 0.1) is 28.3 Å². The Labute approximate surface area is 164 Å². The first-order valence-electron chi connectivity index (χ1n) is 9.03. The van der Waals surface area contributed by atoms with Crippen molar-refractivity contribution < 1.29 is 22.4 Å². The highest BCUT2D eigenvalue weighted by Gasteiger charge is 2.34. The van der Waals surface area contributed by atoms with Crippen LogP contribution in [0, 0.1) is 0 Å². The number of carbonyl (C=O) groups excluding carboxylic acids is 2. The molecule has 0 spiro atoms. The summed E-state index contributed by atoms with van der Waals surface area (Å²) in [6, 6.07) is 7.28. The normalized spacial score (nSPS) is 15.4. The lowest BCUT2D eigenvalue weighted by molar-refractivity contribution is 0.0693. The lowest BCUT2D eigenvalue weighted by Gasteiger charge is -2.28. The van der Waals surface area contributed by atoms with E-state index in [1.807, 2.05) is 19.9 Å². The predicted molar refractivity (Wildman–Crippen MR) is 102 cm³/mol. The zero-order chi connectivity index (χ0) is 20.5. The number of hydrogen-bond donors (Lipinski definition) is 1. The molecular weight excluding hydrogens is 382 g/mol. The summed E-state index contributed by atoms with van der Waals surface area (Å²) in [5.74, 6) is -0.271. The number of carbonyl (C=O) groups is 2. The molecular formula is C19H23N3O5S. The molecule has 0 saturated heterocycles. The van der Waals surface area contributed by atoms with Crippen molar-refractivity contribution in [3.8, 4) is 0 Å². The van der Waals surface area contributed by atoms with E-state index in [1.54, 1.807) is 12.3 Å². The van der Waals surface area contributed by atoms with Crippen molar-refractivity contribution in [2.45, 2.75) is 24.8 Å². The molecule has 1 aromatic carbocycles. The molecule has 9 heteroatoms. The molecule has 0 bridgehead atoms. The molecule has 1 aliphatic heterocycles. The van der Waals surface area contributed by atoms with Crippen LogP contribution in [0.4, 0.5) is 0 Å². The molecule has 8 nitrogen and oxygen atoms in total. The minimum atomic E-state index is -3.88. The van der Waals surface area contributed by atoms with E-state index in [-0.39, 0.29) is 28.6 Å². The van der Waals surface area contributed by atoms with Crippen LogP contribution in [-0.4, -0.2) is 56.7 Å². The first-order chi connectivity index (χ1) is 13.3. The van der Waals surface area contributed by atoms with Crippen molar-refractivity contribution in [2.24, 2.45) is 0 Å². The highest BCUT2D eigenvalue weighted by molar-refractivity contribution is 7.89. The number of fused-ring (bicyclic) bond motifs is 1. The number of amides is 2. The lowest BCUT2D eigenvalue weighted by atomic mass is 10.1. The first kappa shape index (κ1) is 20.2. The molecule has 150 valence electrons. The number of furan rings is 1. The van der Waals surface area contributed by atoms with Crippen molar-refractivity contribution in [3.05, 3.63) is 53.5 Å². The summed E-state index contributed by atoms with van der Waals surface area (Å²) in [6.45, 7) is 5.55. The summed E-state index contributed by atoms with van der Waals surface area (Å²) in [5.41, 5.74) is 0.310. The molecule has 3 rings (SSSR count). The molecule has 0 saturated carbocycles. The summed E-state index contributed by atoms with van der Waals surface area (Å²) in [4.78, 5) is 27.1. The van der Waals surface area contributed by atoms with Gasteiger partial charge in [0.2, 0.25) is 10.0 Å². The van der Waals surface area contributed by atoms with Gasteiger partial charge < -0.3 is 4.42 Å². The number of nitrogens with one attached hydrogen (secondary N) is 1. The zero-order valence-corrected chi connectivity index (χ0v) is 16.8. The number of likely N-dealkylation sites (N-methyl/N-ethyl adjacent to an activating group) is 1. The number of nitrogens with zero attached hydrogens (tertiary/aromatic N) is 2. The highest BCUT2D eigenvalue weighted by atomic mass is 32.2. The van der Waals surface area contributed by atoms with Gasteiger partial charge in [-0.3, -0.25) is 19.4 Å². The summed E-state index contributed by atoms with van der Waals surface area (Å²) >= 11 is 0. The quantitative estimate of drug-likeness (QED) is 0.673. The van der Waals surface area contributed by atoms with Crippen molar-refractivity contribution in [2.75, 3.05) is 26.7 Å². The van der Waals surface area contributed by atoms with Gasteiger partial charge in [-0.25, -0.2) is 13.1 Å². The zero-order valence-electron chi connectivity index (χ0n) is 16.0. The van der Waals surface area contributed by atoms with E-state index >= 15 is 0 Å². The van der Waals surface area contributed by atoms with Gasteiger partial charge in [-0.15, -0.1) is 0 Å². The van der Waals surface area contributed by atoms with Gasteiger partial charge in [-0.2, -0.15) is 0 Å². The Morgan fingerprint density at radius 1 is 1.11 bits per heavy atom. The maximum absolute atomic E-state index is 12.8. The molecule has 2 amide bonds. The Morgan fingerprint density at radius 3 is 2.39 bits per heavy atom. The minimum absolute atomic E-state index is 0.0551. The van der Waals surface area contributed by atoms with Crippen LogP contribution in [0.1, 0.15) is 46.4 Å². The number of sulfonamides is 1. The third kappa shape index (κ3) is 3.60. The van der Waals surface area contributed by atoms with Gasteiger partial charge in [0, 0.05) is 13.6 Å². The second-order valence-electron chi connectivity index (χ2n) is 6.48. The Bertz CT molecular complexity index is 981. The van der Waals surface area contributed by atoms with Crippen molar-refractivity contribution in [1.29, 1.82) is 0 Å². The maximum Gasteiger partial charge on any atom is 0.261 e. The summed E-state index contributed by atoms with van der Waals surface area (Å²) < 4.78 is 33.7. The minimum Gasteiger partial charge on any atom is -0.468 e. The van der Waals surface area contributed by atoms with Gasteiger partial charge in [0.25, 0.3) is 11.8 Å². The van der Waals surface area contributed by atoms with Crippen molar-refractivity contribution in [3.63, 3.8) is 0 Å². The Balaban J connectivity index is 1.84. The van der Waals surface area contributed by atoms with E-state index in [9.17, 15) is 18.0 Å². The second kappa shape index (κ2) is 7.86. The largest absolute Gasteiger partial charge is 0.468 e. The smallest absolute Gasteiger partial charge is 0.261 e. The number of hydrogen-bond acceptors (Lipinski definition) is 6. The van der Waals surface area contributed by atoms with Crippen molar-refractivity contribution in [1.82, 2.24) is 14.5 Å². The fourth-order valence-electron chi connectivity index (χ4n) is 3.33. The molecule has 1 aliphatic rings. The summed E-state index contributed by atoms with van der Waals surface area (Å²) in [7, 11) is -2.51. The number of imide groups is 1. The Kier molecular flexibility index (Phi) is 5.69. The van der Waals surface area contributed by atoms with Gasteiger partial charge in [0.1, 0.15) is 5.76 Å². The summed E-state index contributed by atoms with van der Waals surface area (Å²) in [5, 5.41) is 0. The van der Waals surface area contributed by atoms with E-state index in [0.717, 1.165) is 18.0 Å². The monoisotopic (exact) mass is 405 g/mol. The SMILES string of the molecule is CCN(CC)C(CNS(=O)(=O)c1ccc2c(c1)C(=O)N(C)C2=O)c1ccco1. The molecule has 1 aromatic heterocycles. The Hall–Kier alpha value is -2.49. The Morgan fingerprint density at radius 2 is 1.79 bits per heavy atom. The van der Waals surface area contributed by atoms with E-state index in [2.05, 4.69) is 9.62 Å². The van der Waals surface area contributed by atoms with E-state index < -0.39 is 21.8 Å². The second-order valence-corrected chi connectivity index (χ2v) is 8.25. The van der Waals surface area contributed by atoms with E-state index in [4.69, 9.17) is 4.42 Å². The third-order valence-corrected chi connectivity index (χ3v) is 6.38. The molecule has 0 fully saturated rings. The lowest BCUT2D eigenvalue weighted by Crippen LogP contribution is -2.38. The molecule has 0 radical (unpaired) electrons. The van der Waals surface area contributed by atoms with Crippen LogP contribution in [0.3, 0.4) is 0 Å². The van der Waals surface area contributed by atoms with Gasteiger partial charge >= 0.3 is 0 Å². The average Bonchev–Trinajstić information content (AvgIpc) is 3.29. The molecule has 1 atom stereocenters. The van der Waals surface area contributed by atoms with Crippen LogP contribution in [0.5, 0.6) is 0 Å². The van der Waals surface area contributed by atoms with Crippen LogP contribution in [0.15, 0.2) is 45.9 Å². The molecule has 2 heterocycles. The summed E-state index contributed by atoms with van der Waals surface area (Å²) in [6.07, 6.45) is 1.56. The standard InChI is InChI=1S/C19H23N3O5S/c1-4-22(5-2)16(17-7-6-10-27-17)12-20-28(25,26)13-8-9-14-15(11-13)19(24)21(3)18(14)23/h6-11,16,20H,4-5,12H2,1-3H3. The number of rotatable bonds is 8. The van der Waals surface area contributed by atoms with Gasteiger partial charge in [-0.1, -0.05) is 13.8 Å².